The summed E-state index contributed by atoms with van der Waals surface area (Å²) in [5.41, 5.74) is 0. The van der Waals surface area contributed by atoms with Gasteiger partial charge in [0.2, 0.25) is 0 Å². The fraction of sp³-hybridized carbons (Fsp3) is 1.00. The van der Waals surface area contributed by atoms with Crippen LogP contribution in [0.4, 0.5) is 0 Å². The van der Waals surface area contributed by atoms with Crippen molar-refractivity contribution in [2.75, 3.05) is 19.9 Å². The summed E-state index contributed by atoms with van der Waals surface area (Å²) >= 11 is 0. The lowest BCUT2D eigenvalue weighted by Gasteiger charge is -2.22. The molecule has 1 aliphatic heterocycles. The van der Waals surface area contributed by atoms with E-state index in [0.717, 1.165) is 0 Å². The standard InChI is InChI=1S/C5H12N2O4S/c6-12(8,9)7-3-5-1-2-10-4-11-5/h5,7H,1-4H2,(H2,6,8,9). The van der Waals surface area contributed by atoms with Crippen molar-refractivity contribution in [1.29, 1.82) is 0 Å². The third kappa shape index (κ3) is 3.98. The molecular weight excluding hydrogens is 184 g/mol. The normalized spacial score (nSPS) is 25.6. The number of nitrogens with two attached hydrogens (primary N) is 1. The average Bonchev–Trinajstić information content (AvgIpc) is 2.02. The maximum atomic E-state index is 10.5. The first kappa shape index (κ1) is 9.87. The summed E-state index contributed by atoms with van der Waals surface area (Å²) in [6, 6.07) is 0. The van der Waals surface area contributed by atoms with Crippen molar-refractivity contribution in [3.05, 3.63) is 0 Å². The molecule has 0 aromatic heterocycles. The summed E-state index contributed by atoms with van der Waals surface area (Å²) in [4.78, 5) is 0. The summed E-state index contributed by atoms with van der Waals surface area (Å²) < 4.78 is 33.0. The molecular formula is C5H12N2O4S. The Balaban J connectivity index is 2.22. The summed E-state index contributed by atoms with van der Waals surface area (Å²) in [5.74, 6) is 0. The van der Waals surface area contributed by atoms with E-state index in [2.05, 4.69) is 4.72 Å². The van der Waals surface area contributed by atoms with Gasteiger partial charge in [-0.05, 0) is 6.42 Å². The van der Waals surface area contributed by atoms with Gasteiger partial charge in [-0.25, -0.2) is 5.14 Å². The van der Waals surface area contributed by atoms with Gasteiger partial charge >= 0.3 is 0 Å². The molecule has 6 nitrogen and oxygen atoms in total. The van der Waals surface area contributed by atoms with E-state index in [1.807, 2.05) is 0 Å². The van der Waals surface area contributed by atoms with Crippen molar-refractivity contribution in [3.8, 4) is 0 Å². The van der Waals surface area contributed by atoms with E-state index >= 15 is 0 Å². The van der Waals surface area contributed by atoms with Gasteiger partial charge in [0.05, 0.1) is 12.7 Å². The fourth-order valence-electron chi connectivity index (χ4n) is 0.871. The van der Waals surface area contributed by atoms with Gasteiger partial charge in [-0.2, -0.15) is 13.1 Å². The molecule has 0 bridgehead atoms. The Hall–Kier alpha value is -0.210. The van der Waals surface area contributed by atoms with E-state index in [-0.39, 0.29) is 19.4 Å². The van der Waals surface area contributed by atoms with Crippen LogP contribution in [0.2, 0.25) is 0 Å². The van der Waals surface area contributed by atoms with Crippen LogP contribution in [0.15, 0.2) is 0 Å². The maximum absolute atomic E-state index is 10.5. The van der Waals surface area contributed by atoms with Crippen LogP contribution >= 0.6 is 0 Å². The summed E-state index contributed by atoms with van der Waals surface area (Å²) in [6.07, 6.45) is 0.555. The average molecular weight is 196 g/mol. The highest BCUT2D eigenvalue weighted by atomic mass is 32.2. The van der Waals surface area contributed by atoms with Gasteiger partial charge in [0.25, 0.3) is 10.2 Å². The third-order valence-electron chi connectivity index (χ3n) is 1.48. The molecule has 12 heavy (non-hydrogen) atoms. The molecule has 1 unspecified atom stereocenters. The molecule has 1 heterocycles. The highest BCUT2D eigenvalue weighted by Gasteiger charge is 2.15. The SMILES string of the molecule is NS(=O)(=O)NCC1CCOCO1. The summed E-state index contributed by atoms with van der Waals surface area (Å²) in [5, 5.41) is 4.73. The quantitative estimate of drug-likeness (QED) is 0.577. The topological polar surface area (TPSA) is 90.7 Å². The molecule has 7 heteroatoms. The number of rotatable bonds is 3. The molecule has 3 N–H and O–H groups in total. The molecule has 0 aromatic rings. The Kier molecular flexibility index (Phi) is 3.41. The predicted octanol–water partition coefficient (Wildman–Crippen LogP) is -1.46. The number of hydrogen-bond acceptors (Lipinski definition) is 4. The molecule has 1 rings (SSSR count). The number of nitrogens with one attached hydrogen (secondary N) is 1. The minimum absolute atomic E-state index is 0.128. The smallest absolute Gasteiger partial charge is 0.274 e. The van der Waals surface area contributed by atoms with E-state index < -0.39 is 10.2 Å². The monoisotopic (exact) mass is 196 g/mol. The highest BCUT2D eigenvalue weighted by molar-refractivity contribution is 7.87. The molecule has 1 aliphatic rings. The van der Waals surface area contributed by atoms with E-state index in [9.17, 15) is 8.42 Å². The van der Waals surface area contributed by atoms with Gasteiger partial charge in [0.1, 0.15) is 6.79 Å². The zero-order valence-electron chi connectivity index (χ0n) is 6.52. The lowest BCUT2D eigenvalue weighted by molar-refractivity contribution is -0.136. The number of hydrogen-bond donors (Lipinski definition) is 2. The summed E-state index contributed by atoms with van der Waals surface area (Å²) in [7, 11) is -3.59. The summed E-state index contributed by atoms with van der Waals surface area (Å²) in [6.45, 7) is 1.02. The first-order valence-corrected chi connectivity index (χ1v) is 5.09. The molecule has 0 aromatic carbocycles. The molecule has 0 saturated carbocycles. The maximum Gasteiger partial charge on any atom is 0.274 e. The van der Waals surface area contributed by atoms with Crippen molar-refractivity contribution in [2.24, 2.45) is 5.14 Å². The van der Waals surface area contributed by atoms with Crippen molar-refractivity contribution < 1.29 is 17.9 Å². The Bertz CT molecular complexity index is 222. The molecule has 0 spiro atoms. The third-order valence-corrected chi connectivity index (χ3v) is 2.05. The van der Waals surface area contributed by atoms with Crippen LogP contribution in [-0.4, -0.2) is 34.5 Å². The molecule has 0 aliphatic carbocycles. The van der Waals surface area contributed by atoms with E-state index in [1.54, 1.807) is 0 Å². The minimum atomic E-state index is -3.59. The second-order valence-electron chi connectivity index (χ2n) is 2.50. The van der Waals surface area contributed by atoms with Gasteiger partial charge in [0, 0.05) is 6.54 Å². The molecule has 0 radical (unpaired) electrons. The van der Waals surface area contributed by atoms with Crippen LogP contribution in [-0.2, 0) is 19.7 Å². The molecule has 72 valence electrons. The zero-order chi connectivity index (χ0) is 9.03. The second-order valence-corrected chi connectivity index (χ2v) is 3.88. The first-order chi connectivity index (χ1) is 5.58. The van der Waals surface area contributed by atoms with Crippen LogP contribution in [0.25, 0.3) is 0 Å². The lowest BCUT2D eigenvalue weighted by Crippen LogP contribution is -2.39. The Morgan fingerprint density at radius 3 is 2.83 bits per heavy atom. The minimum Gasteiger partial charge on any atom is -0.355 e. The molecule has 1 atom stereocenters. The van der Waals surface area contributed by atoms with Crippen molar-refractivity contribution in [1.82, 2.24) is 4.72 Å². The van der Waals surface area contributed by atoms with Crippen molar-refractivity contribution in [2.45, 2.75) is 12.5 Å². The Morgan fingerprint density at radius 2 is 2.33 bits per heavy atom. The van der Waals surface area contributed by atoms with Crippen molar-refractivity contribution in [3.63, 3.8) is 0 Å². The van der Waals surface area contributed by atoms with Gasteiger partial charge in [-0.15, -0.1) is 0 Å². The van der Waals surface area contributed by atoms with E-state index in [0.29, 0.717) is 13.0 Å². The Labute approximate surface area is 71.2 Å². The Morgan fingerprint density at radius 1 is 1.58 bits per heavy atom. The van der Waals surface area contributed by atoms with Gasteiger partial charge in [0.15, 0.2) is 0 Å². The first-order valence-electron chi connectivity index (χ1n) is 3.54. The zero-order valence-corrected chi connectivity index (χ0v) is 7.34. The fourth-order valence-corrected chi connectivity index (χ4v) is 1.29. The van der Waals surface area contributed by atoms with Gasteiger partial charge < -0.3 is 9.47 Å². The van der Waals surface area contributed by atoms with Crippen molar-refractivity contribution >= 4 is 10.2 Å². The van der Waals surface area contributed by atoms with Gasteiger partial charge in [-0.3, -0.25) is 0 Å². The van der Waals surface area contributed by atoms with E-state index in [4.69, 9.17) is 14.6 Å². The molecule has 1 fully saturated rings. The molecule has 1 saturated heterocycles. The van der Waals surface area contributed by atoms with Crippen LogP contribution in [0, 0.1) is 0 Å². The largest absolute Gasteiger partial charge is 0.355 e. The highest BCUT2D eigenvalue weighted by Crippen LogP contribution is 2.04. The second kappa shape index (κ2) is 4.15. The van der Waals surface area contributed by atoms with Crippen LogP contribution < -0.4 is 9.86 Å². The van der Waals surface area contributed by atoms with E-state index in [1.165, 1.54) is 0 Å². The van der Waals surface area contributed by atoms with Crippen LogP contribution in [0.1, 0.15) is 6.42 Å². The molecule has 0 amide bonds. The van der Waals surface area contributed by atoms with Crippen LogP contribution in [0.3, 0.4) is 0 Å². The predicted molar refractivity (Wildman–Crippen MR) is 41.4 cm³/mol. The lowest BCUT2D eigenvalue weighted by atomic mass is 10.2. The van der Waals surface area contributed by atoms with Crippen LogP contribution in [0.5, 0.6) is 0 Å². The van der Waals surface area contributed by atoms with Gasteiger partial charge in [-0.1, -0.05) is 0 Å². The number of ether oxygens (including phenoxy) is 2.